The van der Waals surface area contributed by atoms with E-state index in [0.29, 0.717) is 23.6 Å². The van der Waals surface area contributed by atoms with Crippen molar-refractivity contribution < 1.29 is 13.2 Å². The van der Waals surface area contributed by atoms with Crippen LogP contribution in [0.2, 0.25) is 0 Å². The molecule has 0 radical (unpaired) electrons. The molecule has 2 aliphatic heterocycles. The highest BCUT2D eigenvalue weighted by Gasteiger charge is 2.34. The first-order valence-corrected chi connectivity index (χ1v) is 13.4. The number of likely N-dealkylation sites (tertiary alicyclic amines) is 1. The number of amides is 1. The van der Waals surface area contributed by atoms with E-state index in [9.17, 15) is 13.2 Å². The number of thiophene rings is 1. The molecule has 2 fully saturated rings. The van der Waals surface area contributed by atoms with Crippen LogP contribution >= 0.6 is 11.3 Å². The fraction of sp³-hybridized carbons (Fsp3) is 0.522. The number of carbonyl (C=O) groups is 1. The van der Waals surface area contributed by atoms with Crippen molar-refractivity contribution in [3.8, 4) is 0 Å². The molecule has 2 saturated heterocycles. The van der Waals surface area contributed by atoms with Gasteiger partial charge in [0, 0.05) is 30.2 Å². The Balaban J connectivity index is 1.32. The second-order valence-electron chi connectivity index (χ2n) is 8.55. The molecular weight excluding hydrogens is 430 g/mol. The maximum absolute atomic E-state index is 12.9. The lowest BCUT2D eigenvalue weighted by Gasteiger charge is -2.30. The first kappa shape index (κ1) is 22.5. The number of hydrogen-bond acceptors (Lipinski definition) is 5. The van der Waals surface area contributed by atoms with Gasteiger partial charge in [0.05, 0.1) is 5.92 Å². The van der Waals surface area contributed by atoms with Crippen molar-refractivity contribution in [1.82, 2.24) is 9.21 Å². The molecule has 1 N–H and O–H groups in total. The van der Waals surface area contributed by atoms with Crippen LogP contribution in [0.1, 0.15) is 36.1 Å². The molecule has 0 aliphatic carbocycles. The molecule has 6 nitrogen and oxygen atoms in total. The van der Waals surface area contributed by atoms with Crippen LogP contribution < -0.4 is 5.32 Å². The van der Waals surface area contributed by atoms with E-state index in [4.69, 9.17) is 0 Å². The second kappa shape index (κ2) is 9.81. The molecule has 1 amide bonds. The lowest BCUT2D eigenvalue weighted by Crippen LogP contribution is -2.43. The molecule has 2 aromatic rings. The summed E-state index contributed by atoms with van der Waals surface area (Å²) in [5.74, 6) is -0.438. The normalized spacial score (nSPS) is 20.7. The largest absolute Gasteiger partial charge is 0.326 e. The van der Waals surface area contributed by atoms with Crippen molar-refractivity contribution >= 4 is 33.0 Å². The molecule has 1 aromatic carbocycles. The average Bonchev–Trinajstić information content (AvgIpc) is 3.45. The summed E-state index contributed by atoms with van der Waals surface area (Å²) < 4.78 is 27.7. The quantitative estimate of drug-likeness (QED) is 0.682. The van der Waals surface area contributed by atoms with Crippen molar-refractivity contribution in [2.24, 2.45) is 5.92 Å². The molecule has 168 valence electrons. The highest BCUT2D eigenvalue weighted by Crippen LogP contribution is 2.28. The number of benzene rings is 1. The SMILES string of the molecule is Cc1ccc(S(=O)(=O)N2CCCC(C(=O)Nc3ccc(CCN4CCCC4)cc3)C2)s1. The van der Waals surface area contributed by atoms with Gasteiger partial charge in [0.2, 0.25) is 5.91 Å². The molecule has 1 aromatic heterocycles. The first-order valence-electron chi connectivity index (χ1n) is 11.1. The van der Waals surface area contributed by atoms with Crippen molar-refractivity contribution in [2.45, 2.75) is 43.2 Å². The Morgan fingerprint density at radius 3 is 2.48 bits per heavy atom. The highest BCUT2D eigenvalue weighted by atomic mass is 32.2. The van der Waals surface area contributed by atoms with Gasteiger partial charge >= 0.3 is 0 Å². The van der Waals surface area contributed by atoms with Crippen LogP contribution in [0, 0.1) is 12.8 Å². The summed E-state index contributed by atoms with van der Waals surface area (Å²) in [6, 6.07) is 11.5. The summed E-state index contributed by atoms with van der Waals surface area (Å²) in [5.41, 5.74) is 2.04. The van der Waals surface area contributed by atoms with Crippen LogP contribution in [0.25, 0.3) is 0 Å². The molecule has 1 unspecified atom stereocenters. The minimum Gasteiger partial charge on any atom is -0.326 e. The van der Waals surface area contributed by atoms with Gasteiger partial charge in [0.1, 0.15) is 4.21 Å². The predicted octanol–water partition coefficient (Wildman–Crippen LogP) is 3.73. The fourth-order valence-corrected chi connectivity index (χ4v) is 7.31. The van der Waals surface area contributed by atoms with E-state index < -0.39 is 10.0 Å². The molecule has 0 spiro atoms. The number of piperidine rings is 1. The maximum Gasteiger partial charge on any atom is 0.252 e. The number of hydrogen-bond donors (Lipinski definition) is 1. The molecule has 3 heterocycles. The Morgan fingerprint density at radius 2 is 1.81 bits per heavy atom. The van der Waals surface area contributed by atoms with Gasteiger partial charge < -0.3 is 10.2 Å². The van der Waals surface area contributed by atoms with Crippen LogP contribution in [-0.2, 0) is 21.2 Å². The van der Waals surface area contributed by atoms with Gasteiger partial charge in [-0.1, -0.05) is 12.1 Å². The third kappa shape index (κ3) is 5.55. The molecular formula is C23H31N3O3S2. The topological polar surface area (TPSA) is 69.7 Å². The van der Waals surface area contributed by atoms with E-state index in [-0.39, 0.29) is 18.4 Å². The number of aryl methyl sites for hydroxylation is 1. The molecule has 0 bridgehead atoms. The number of anilines is 1. The summed E-state index contributed by atoms with van der Waals surface area (Å²) in [7, 11) is -3.53. The summed E-state index contributed by atoms with van der Waals surface area (Å²) in [5, 5.41) is 2.98. The van der Waals surface area contributed by atoms with Gasteiger partial charge in [-0.15, -0.1) is 11.3 Å². The summed E-state index contributed by atoms with van der Waals surface area (Å²) >= 11 is 1.28. The molecule has 1 atom stereocenters. The van der Waals surface area contributed by atoms with E-state index in [1.54, 1.807) is 6.07 Å². The Morgan fingerprint density at radius 1 is 1.06 bits per heavy atom. The summed E-state index contributed by atoms with van der Waals surface area (Å²) in [4.78, 5) is 16.3. The van der Waals surface area contributed by atoms with Crippen molar-refractivity contribution in [1.29, 1.82) is 0 Å². The van der Waals surface area contributed by atoms with E-state index in [2.05, 4.69) is 22.3 Å². The van der Waals surface area contributed by atoms with Gasteiger partial charge in [-0.3, -0.25) is 4.79 Å². The monoisotopic (exact) mass is 461 g/mol. The number of carbonyl (C=O) groups excluding carboxylic acids is 1. The average molecular weight is 462 g/mol. The van der Waals surface area contributed by atoms with Gasteiger partial charge in [-0.05, 0) is 81.9 Å². The lowest BCUT2D eigenvalue weighted by atomic mass is 9.98. The van der Waals surface area contributed by atoms with Crippen LogP contribution in [-0.4, -0.2) is 56.3 Å². The Kier molecular flexibility index (Phi) is 7.11. The lowest BCUT2D eigenvalue weighted by molar-refractivity contribution is -0.120. The minimum absolute atomic E-state index is 0.105. The zero-order valence-corrected chi connectivity index (χ0v) is 19.7. The van der Waals surface area contributed by atoms with E-state index in [0.717, 1.165) is 23.5 Å². The van der Waals surface area contributed by atoms with Crippen molar-refractivity contribution in [3.05, 3.63) is 46.8 Å². The van der Waals surface area contributed by atoms with Gasteiger partial charge in [-0.25, -0.2) is 8.42 Å². The van der Waals surface area contributed by atoms with Gasteiger partial charge in [-0.2, -0.15) is 4.31 Å². The molecule has 31 heavy (non-hydrogen) atoms. The number of nitrogens with one attached hydrogen (secondary N) is 1. The molecule has 8 heteroatoms. The zero-order chi connectivity index (χ0) is 21.8. The number of rotatable bonds is 7. The Hall–Kier alpha value is -1.74. The summed E-state index contributed by atoms with van der Waals surface area (Å²) in [6.45, 7) is 6.09. The van der Waals surface area contributed by atoms with E-state index >= 15 is 0 Å². The molecule has 4 rings (SSSR count). The number of sulfonamides is 1. The predicted molar refractivity (Wildman–Crippen MR) is 125 cm³/mol. The van der Waals surface area contributed by atoms with E-state index in [1.165, 1.54) is 47.1 Å². The standard InChI is InChI=1S/C23H31N3O3S2/c1-18-6-11-22(30-18)31(28,29)26-15-4-5-20(17-26)23(27)24-21-9-7-19(8-10-21)12-16-25-13-2-3-14-25/h6-11,20H,2-5,12-17H2,1H3,(H,24,27). The van der Waals surface area contributed by atoms with Crippen molar-refractivity contribution in [2.75, 3.05) is 38.0 Å². The molecule has 0 saturated carbocycles. The van der Waals surface area contributed by atoms with Crippen LogP contribution in [0.3, 0.4) is 0 Å². The number of nitrogens with zero attached hydrogens (tertiary/aromatic N) is 2. The Bertz CT molecular complexity index is 995. The first-order chi connectivity index (χ1) is 14.9. The van der Waals surface area contributed by atoms with Crippen LogP contribution in [0.5, 0.6) is 0 Å². The minimum atomic E-state index is -3.53. The van der Waals surface area contributed by atoms with Crippen LogP contribution in [0.15, 0.2) is 40.6 Å². The third-order valence-corrected chi connectivity index (χ3v) is 9.53. The van der Waals surface area contributed by atoms with E-state index in [1.807, 2.05) is 25.1 Å². The second-order valence-corrected chi connectivity index (χ2v) is 12.0. The van der Waals surface area contributed by atoms with Gasteiger partial charge in [0.25, 0.3) is 10.0 Å². The van der Waals surface area contributed by atoms with Crippen molar-refractivity contribution in [3.63, 3.8) is 0 Å². The zero-order valence-electron chi connectivity index (χ0n) is 18.0. The maximum atomic E-state index is 12.9. The smallest absolute Gasteiger partial charge is 0.252 e. The summed E-state index contributed by atoms with van der Waals surface area (Å²) in [6.07, 6.45) is 5.02. The Labute approximate surface area is 189 Å². The fourth-order valence-electron chi connectivity index (χ4n) is 4.35. The third-order valence-electron chi connectivity index (χ3n) is 6.20. The molecule has 2 aliphatic rings. The highest BCUT2D eigenvalue weighted by molar-refractivity contribution is 7.91. The van der Waals surface area contributed by atoms with Crippen LogP contribution in [0.4, 0.5) is 5.69 Å². The van der Waals surface area contributed by atoms with Gasteiger partial charge in [0.15, 0.2) is 0 Å².